The number of thiophene rings is 1. The molecule has 2 heterocycles. The van der Waals surface area contributed by atoms with Gasteiger partial charge in [-0.1, -0.05) is 24.1 Å². The zero-order valence-electron chi connectivity index (χ0n) is 23.7. The van der Waals surface area contributed by atoms with E-state index in [1.807, 2.05) is 32.2 Å². The smallest absolute Gasteiger partial charge is 0.410 e. The van der Waals surface area contributed by atoms with Crippen molar-refractivity contribution < 1.29 is 19.1 Å². The second-order valence-corrected chi connectivity index (χ2v) is 11.6. The summed E-state index contributed by atoms with van der Waals surface area (Å²) in [7, 11) is 1.75. The Labute approximate surface area is 239 Å². The largest absolute Gasteiger partial charge is 0.444 e. The minimum atomic E-state index is -0.537. The summed E-state index contributed by atoms with van der Waals surface area (Å²) in [5, 5.41) is 6.96. The van der Waals surface area contributed by atoms with Crippen molar-refractivity contribution in [2.24, 2.45) is 0 Å². The highest BCUT2D eigenvalue weighted by molar-refractivity contribution is 7.13. The van der Waals surface area contributed by atoms with Gasteiger partial charge in [-0.2, -0.15) is 0 Å². The molecular weight excluding hydrogens is 522 g/mol. The molecule has 7 nitrogen and oxygen atoms in total. The highest BCUT2D eigenvalue weighted by Gasteiger charge is 2.20. The SMILES string of the molecule is CCn1c2ccc(CN(C)C(=O)OC(C)(C)C)cc2c2ccc(-c3cc(C#CC(=O)NCCCC=O)cs3)cc21. The van der Waals surface area contributed by atoms with Gasteiger partial charge in [-0.15, -0.1) is 11.3 Å². The molecule has 4 aromatic rings. The van der Waals surface area contributed by atoms with Crippen LogP contribution in [0, 0.1) is 11.8 Å². The highest BCUT2D eigenvalue weighted by atomic mass is 32.1. The number of aryl methyl sites for hydroxylation is 1. The average molecular weight is 558 g/mol. The van der Waals surface area contributed by atoms with Gasteiger partial charge in [0, 0.05) is 76.6 Å². The van der Waals surface area contributed by atoms with Crippen molar-refractivity contribution in [3.8, 4) is 22.3 Å². The first-order chi connectivity index (χ1) is 19.1. The minimum absolute atomic E-state index is 0.343. The molecule has 0 bridgehead atoms. The van der Waals surface area contributed by atoms with E-state index in [0.29, 0.717) is 25.9 Å². The number of aldehydes is 1. The number of hydrogen-bond acceptors (Lipinski definition) is 5. The fourth-order valence-electron chi connectivity index (χ4n) is 4.53. The standard InChI is InChI=1S/C32H35N3O4S/c1-6-35-27-13-9-22(20-34(5)31(38)39-32(2,3)4)17-26(27)25-12-11-24(19-28(25)35)29-18-23(21-40-29)10-14-30(37)33-15-7-8-16-36/h9,11-13,16-19,21H,6-8,15,20H2,1-5H3,(H,33,37). The van der Waals surface area contributed by atoms with Crippen LogP contribution in [0.2, 0.25) is 0 Å². The van der Waals surface area contributed by atoms with Gasteiger partial charge < -0.3 is 24.3 Å². The molecule has 0 saturated carbocycles. The van der Waals surface area contributed by atoms with Crippen molar-refractivity contribution >= 4 is 51.4 Å². The number of carbonyl (C=O) groups excluding carboxylic acids is 3. The molecule has 208 valence electrons. The van der Waals surface area contributed by atoms with Crippen molar-refractivity contribution in [1.29, 1.82) is 0 Å². The van der Waals surface area contributed by atoms with Gasteiger partial charge in [0.25, 0.3) is 5.91 Å². The van der Waals surface area contributed by atoms with Gasteiger partial charge in [-0.3, -0.25) is 4.79 Å². The number of fused-ring (bicyclic) bond motifs is 3. The Morgan fingerprint density at radius 2 is 1.90 bits per heavy atom. The van der Waals surface area contributed by atoms with Crippen molar-refractivity contribution in [3.63, 3.8) is 0 Å². The molecule has 0 unspecified atom stereocenters. The summed E-state index contributed by atoms with van der Waals surface area (Å²) in [5.41, 5.74) is 4.67. The van der Waals surface area contributed by atoms with Crippen molar-refractivity contribution in [3.05, 3.63) is 59.0 Å². The summed E-state index contributed by atoms with van der Waals surface area (Å²) in [6.45, 7) is 9.45. The summed E-state index contributed by atoms with van der Waals surface area (Å²) in [6, 6.07) is 14.8. The fourth-order valence-corrected chi connectivity index (χ4v) is 5.37. The van der Waals surface area contributed by atoms with Gasteiger partial charge >= 0.3 is 6.09 Å². The van der Waals surface area contributed by atoms with Crippen LogP contribution in [0.4, 0.5) is 4.79 Å². The molecule has 2 aromatic carbocycles. The zero-order chi connectivity index (χ0) is 28.9. The van der Waals surface area contributed by atoms with E-state index in [0.717, 1.165) is 56.2 Å². The maximum atomic E-state index is 12.5. The quantitative estimate of drug-likeness (QED) is 0.155. The van der Waals surface area contributed by atoms with Crippen LogP contribution in [-0.4, -0.2) is 46.9 Å². The van der Waals surface area contributed by atoms with Gasteiger partial charge in [-0.05, 0) is 69.5 Å². The number of amides is 2. The molecule has 8 heteroatoms. The summed E-state index contributed by atoms with van der Waals surface area (Å²) in [6.07, 6.45) is 1.53. The van der Waals surface area contributed by atoms with Crippen molar-refractivity contribution in [2.45, 2.75) is 59.2 Å². The van der Waals surface area contributed by atoms with E-state index in [1.54, 1.807) is 23.3 Å². The first-order valence-corrected chi connectivity index (χ1v) is 14.3. The Bertz CT molecular complexity index is 1610. The van der Waals surface area contributed by atoms with Crippen LogP contribution in [0.5, 0.6) is 0 Å². The highest BCUT2D eigenvalue weighted by Crippen LogP contribution is 2.35. The van der Waals surface area contributed by atoms with Gasteiger partial charge in [-0.25, -0.2) is 4.79 Å². The maximum Gasteiger partial charge on any atom is 0.410 e. The fraction of sp³-hybridized carbons (Fsp3) is 0.344. The molecule has 1 N–H and O–H groups in total. The first kappa shape index (κ1) is 28.9. The van der Waals surface area contributed by atoms with E-state index in [-0.39, 0.29) is 12.0 Å². The third-order valence-corrected chi connectivity index (χ3v) is 7.34. The number of unbranched alkanes of at least 4 members (excludes halogenated alkanes) is 1. The van der Waals surface area contributed by atoms with E-state index >= 15 is 0 Å². The summed E-state index contributed by atoms with van der Waals surface area (Å²) >= 11 is 1.59. The van der Waals surface area contributed by atoms with Crippen molar-refractivity contribution in [1.82, 2.24) is 14.8 Å². The Balaban J connectivity index is 1.57. The monoisotopic (exact) mass is 557 g/mol. The molecule has 0 radical (unpaired) electrons. The zero-order valence-corrected chi connectivity index (χ0v) is 24.5. The number of carbonyl (C=O) groups is 3. The Hall–Kier alpha value is -4.09. The van der Waals surface area contributed by atoms with Crippen LogP contribution in [0.15, 0.2) is 47.8 Å². The molecular formula is C32H35N3O4S. The molecule has 0 saturated heterocycles. The Morgan fingerprint density at radius 1 is 1.10 bits per heavy atom. The minimum Gasteiger partial charge on any atom is -0.444 e. The number of nitrogens with zero attached hydrogens (tertiary/aromatic N) is 2. The first-order valence-electron chi connectivity index (χ1n) is 13.4. The van der Waals surface area contributed by atoms with Gasteiger partial charge in [0.1, 0.15) is 11.9 Å². The molecule has 0 fully saturated rings. The second-order valence-electron chi connectivity index (χ2n) is 10.7. The number of rotatable bonds is 8. The number of aromatic nitrogens is 1. The second kappa shape index (κ2) is 12.4. The maximum absolute atomic E-state index is 12.5. The molecule has 0 aliphatic rings. The van der Waals surface area contributed by atoms with Crippen LogP contribution >= 0.6 is 11.3 Å². The third-order valence-electron chi connectivity index (χ3n) is 6.36. The third kappa shape index (κ3) is 6.91. The number of benzene rings is 2. The van der Waals surface area contributed by atoms with Crippen LogP contribution in [0.1, 0.15) is 51.7 Å². The summed E-state index contributed by atoms with van der Waals surface area (Å²) in [4.78, 5) is 37.4. The molecule has 0 spiro atoms. The molecule has 2 aromatic heterocycles. The molecule has 2 amide bonds. The Kier molecular flexibility index (Phi) is 8.96. The van der Waals surface area contributed by atoms with Gasteiger partial charge in [0.15, 0.2) is 0 Å². The number of ether oxygens (including phenoxy) is 1. The molecule has 4 rings (SSSR count). The van der Waals surface area contributed by atoms with Crippen LogP contribution < -0.4 is 5.32 Å². The van der Waals surface area contributed by atoms with E-state index in [4.69, 9.17) is 4.74 Å². The van der Waals surface area contributed by atoms with Gasteiger partial charge in [0.05, 0.1) is 0 Å². The molecule has 0 aliphatic heterocycles. The van der Waals surface area contributed by atoms with Gasteiger partial charge in [0.2, 0.25) is 0 Å². The van der Waals surface area contributed by atoms with E-state index in [9.17, 15) is 14.4 Å². The Morgan fingerprint density at radius 3 is 2.62 bits per heavy atom. The number of nitrogens with one attached hydrogen (secondary N) is 1. The lowest BCUT2D eigenvalue weighted by molar-refractivity contribution is -0.116. The normalized spacial score (nSPS) is 11.2. The van der Waals surface area contributed by atoms with Crippen LogP contribution in [0.3, 0.4) is 0 Å². The lowest BCUT2D eigenvalue weighted by atomic mass is 10.1. The molecule has 0 aliphatic carbocycles. The van der Waals surface area contributed by atoms with E-state index in [2.05, 4.69) is 65.0 Å². The molecule has 0 atom stereocenters. The predicted molar refractivity (Wildman–Crippen MR) is 161 cm³/mol. The van der Waals surface area contributed by atoms with Crippen LogP contribution in [-0.2, 0) is 27.4 Å². The summed E-state index contributed by atoms with van der Waals surface area (Å²) < 4.78 is 7.81. The number of hydrogen-bond donors (Lipinski definition) is 1. The van der Waals surface area contributed by atoms with Crippen molar-refractivity contribution in [2.75, 3.05) is 13.6 Å². The van der Waals surface area contributed by atoms with Crippen LogP contribution in [0.25, 0.3) is 32.2 Å². The summed E-state index contributed by atoms with van der Waals surface area (Å²) in [5.74, 6) is 5.22. The van der Waals surface area contributed by atoms with E-state index < -0.39 is 5.60 Å². The predicted octanol–water partition coefficient (Wildman–Crippen LogP) is 6.36. The topological polar surface area (TPSA) is 80.6 Å². The average Bonchev–Trinajstić information content (AvgIpc) is 3.51. The lowest BCUT2D eigenvalue weighted by Gasteiger charge is -2.24. The van der Waals surface area contributed by atoms with E-state index in [1.165, 1.54) is 0 Å². The lowest BCUT2D eigenvalue weighted by Crippen LogP contribution is -2.33. The molecule has 40 heavy (non-hydrogen) atoms.